The summed E-state index contributed by atoms with van der Waals surface area (Å²) in [5, 5.41) is 3.57. The fourth-order valence-electron chi connectivity index (χ4n) is 2.37. The molecule has 80 valence electrons. The lowest BCUT2D eigenvalue weighted by molar-refractivity contribution is 1.41. The van der Waals surface area contributed by atoms with Crippen LogP contribution in [0.3, 0.4) is 0 Å². The smallest absolute Gasteiger partial charge is 0.0950 e. The molecule has 0 radical (unpaired) electrons. The van der Waals surface area contributed by atoms with Gasteiger partial charge < -0.3 is 4.98 Å². The first-order valence-electron chi connectivity index (χ1n) is 5.67. The molecule has 0 saturated heterocycles. The quantitative estimate of drug-likeness (QED) is 0.446. The summed E-state index contributed by atoms with van der Waals surface area (Å²) in [5.74, 6) is 0. The lowest BCUT2D eigenvalue weighted by Gasteiger charge is -2.03. The van der Waals surface area contributed by atoms with Crippen molar-refractivity contribution in [3.63, 3.8) is 0 Å². The molecule has 0 atom stereocenters. The van der Waals surface area contributed by atoms with E-state index in [1.807, 2.05) is 18.3 Å². The molecule has 2 heteroatoms. The van der Waals surface area contributed by atoms with Crippen molar-refractivity contribution in [2.24, 2.45) is 0 Å². The van der Waals surface area contributed by atoms with Gasteiger partial charge in [-0.05, 0) is 18.2 Å². The van der Waals surface area contributed by atoms with Gasteiger partial charge in [-0.25, -0.2) is 4.98 Å². The first-order valence-corrected chi connectivity index (χ1v) is 5.67. The summed E-state index contributed by atoms with van der Waals surface area (Å²) in [4.78, 5) is 8.02. The number of H-pyrrole nitrogens is 1. The van der Waals surface area contributed by atoms with Gasteiger partial charge in [0.15, 0.2) is 0 Å². The highest BCUT2D eigenvalue weighted by Gasteiger charge is 2.04. The van der Waals surface area contributed by atoms with Crippen LogP contribution in [0.5, 0.6) is 0 Å². The topological polar surface area (TPSA) is 28.7 Å². The van der Waals surface area contributed by atoms with Crippen molar-refractivity contribution in [1.82, 2.24) is 9.97 Å². The Morgan fingerprint density at radius 3 is 2.71 bits per heavy atom. The van der Waals surface area contributed by atoms with Gasteiger partial charge >= 0.3 is 0 Å². The third kappa shape index (κ3) is 1.18. The van der Waals surface area contributed by atoms with Crippen LogP contribution in [0, 0.1) is 0 Å². The van der Waals surface area contributed by atoms with Crippen LogP contribution < -0.4 is 0 Å². The van der Waals surface area contributed by atoms with Gasteiger partial charge in [-0.3, -0.25) is 0 Å². The summed E-state index contributed by atoms with van der Waals surface area (Å²) in [6, 6.07) is 16.8. The molecular formula is C15H10N2. The van der Waals surface area contributed by atoms with Crippen LogP contribution in [0.1, 0.15) is 0 Å². The second kappa shape index (κ2) is 3.08. The zero-order valence-corrected chi connectivity index (χ0v) is 9.14. The Morgan fingerprint density at radius 2 is 1.71 bits per heavy atom. The van der Waals surface area contributed by atoms with E-state index in [2.05, 4.69) is 41.4 Å². The first kappa shape index (κ1) is 8.76. The fourth-order valence-corrected chi connectivity index (χ4v) is 2.37. The third-order valence-electron chi connectivity index (χ3n) is 3.21. The minimum absolute atomic E-state index is 1.04. The number of fused-ring (bicyclic) bond motifs is 4. The molecular weight excluding hydrogens is 208 g/mol. The molecule has 0 spiro atoms. The van der Waals surface area contributed by atoms with Gasteiger partial charge in [-0.2, -0.15) is 0 Å². The summed E-state index contributed by atoms with van der Waals surface area (Å²) in [5.41, 5.74) is 3.21. The summed E-state index contributed by atoms with van der Waals surface area (Å²) in [6.07, 6.45) is 1.94. The summed E-state index contributed by atoms with van der Waals surface area (Å²) >= 11 is 0. The molecule has 0 aliphatic heterocycles. The molecule has 1 N–H and O–H groups in total. The maximum atomic E-state index is 4.73. The molecule has 0 fully saturated rings. The van der Waals surface area contributed by atoms with Crippen LogP contribution in [-0.2, 0) is 0 Å². The SMILES string of the molecule is c1c[nH]c2c(c1)ccc1cc3cccc3nc12. The van der Waals surface area contributed by atoms with E-state index in [1.165, 1.54) is 16.2 Å². The lowest BCUT2D eigenvalue weighted by Crippen LogP contribution is -1.84. The molecule has 2 aromatic carbocycles. The Hall–Kier alpha value is -2.35. The number of nitrogens with zero attached hydrogens (tertiary/aromatic N) is 1. The minimum Gasteiger partial charge on any atom is -0.359 e. The van der Waals surface area contributed by atoms with Gasteiger partial charge in [-0.1, -0.05) is 30.3 Å². The van der Waals surface area contributed by atoms with Crippen molar-refractivity contribution in [3.8, 4) is 0 Å². The Labute approximate surface area is 97.9 Å². The molecule has 4 rings (SSSR count). The molecule has 0 saturated carbocycles. The van der Waals surface area contributed by atoms with Crippen LogP contribution in [0.15, 0.2) is 54.7 Å². The zero-order chi connectivity index (χ0) is 11.2. The van der Waals surface area contributed by atoms with Gasteiger partial charge in [0.05, 0.1) is 16.6 Å². The predicted octanol–water partition coefficient (Wildman–Crippen LogP) is 3.87. The fraction of sp³-hybridized carbons (Fsp3) is 0. The summed E-state index contributed by atoms with van der Waals surface area (Å²) in [7, 11) is 0. The third-order valence-corrected chi connectivity index (χ3v) is 3.21. The van der Waals surface area contributed by atoms with Crippen LogP contribution in [0.25, 0.3) is 32.7 Å². The number of pyridine rings is 2. The van der Waals surface area contributed by atoms with Crippen molar-refractivity contribution < 1.29 is 0 Å². The van der Waals surface area contributed by atoms with Crippen molar-refractivity contribution in [1.29, 1.82) is 0 Å². The standard InChI is InChI=1S/C15H10N2/c1-3-11-9-12-7-6-10-4-2-8-16-14(10)15(12)17-13(11)5-1/h1-9,16H. The highest BCUT2D eigenvalue weighted by molar-refractivity contribution is 6.06. The average Bonchev–Trinajstić information content (AvgIpc) is 2.83. The van der Waals surface area contributed by atoms with Crippen molar-refractivity contribution >= 4 is 32.7 Å². The van der Waals surface area contributed by atoms with Gasteiger partial charge in [0.25, 0.3) is 0 Å². The number of aromatic amines is 1. The number of aromatic nitrogens is 2. The average molecular weight is 218 g/mol. The molecule has 2 nitrogen and oxygen atoms in total. The lowest BCUT2D eigenvalue weighted by atomic mass is 10.1. The van der Waals surface area contributed by atoms with Crippen molar-refractivity contribution in [3.05, 3.63) is 54.7 Å². The molecule has 0 aliphatic carbocycles. The second-order valence-electron chi connectivity index (χ2n) is 4.26. The van der Waals surface area contributed by atoms with E-state index in [-0.39, 0.29) is 0 Å². The Kier molecular flexibility index (Phi) is 1.59. The molecule has 2 aromatic heterocycles. The van der Waals surface area contributed by atoms with Crippen LogP contribution in [0.4, 0.5) is 0 Å². The summed E-state index contributed by atoms with van der Waals surface area (Å²) < 4.78 is 0. The minimum atomic E-state index is 1.04. The highest BCUT2D eigenvalue weighted by atomic mass is 14.7. The largest absolute Gasteiger partial charge is 0.359 e. The normalized spacial score (nSPS) is 11.5. The zero-order valence-electron chi connectivity index (χ0n) is 9.14. The van der Waals surface area contributed by atoms with Crippen LogP contribution in [-0.4, -0.2) is 9.97 Å². The maximum Gasteiger partial charge on any atom is 0.0950 e. The van der Waals surface area contributed by atoms with E-state index in [0.717, 1.165) is 16.6 Å². The van der Waals surface area contributed by atoms with Gasteiger partial charge in [-0.15, -0.1) is 0 Å². The van der Waals surface area contributed by atoms with E-state index in [4.69, 9.17) is 4.98 Å². The molecule has 2 heterocycles. The van der Waals surface area contributed by atoms with Crippen molar-refractivity contribution in [2.45, 2.75) is 0 Å². The number of rotatable bonds is 0. The Balaban J connectivity index is 2.30. The second-order valence-corrected chi connectivity index (χ2v) is 4.26. The Bertz CT molecular complexity index is 843. The monoisotopic (exact) mass is 218 g/mol. The number of hydrogen-bond donors (Lipinski definition) is 1. The Morgan fingerprint density at radius 1 is 0.824 bits per heavy atom. The van der Waals surface area contributed by atoms with Gasteiger partial charge in [0, 0.05) is 22.4 Å². The van der Waals surface area contributed by atoms with E-state index in [9.17, 15) is 0 Å². The molecule has 0 unspecified atom stereocenters. The van der Waals surface area contributed by atoms with Crippen LogP contribution in [0.2, 0.25) is 0 Å². The number of hydrogen-bond acceptors (Lipinski definition) is 1. The molecule has 4 aromatic rings. The molecule has 0 amide bonds. The maximum absolute atomic E-state index is 4.73. The van der Waals surface area contributed by atoms with Crippen molar-refractivity contribution in [2.75, 3.05) is 0 Å². The van der Waals surface area contributed by atoms with E-state index in [0.29, 0.717) is 0 Å². The highest BCUT2D eigenvalue weighted by Crippen LogP contribution is 2.25. The molecule has 0 bridgehead atoms. The number of benzene rings is 1. The number of nitrogens with one attached hydrogen (secondary N) is 1. The van der Waals surface area contributed by atoms with E-state index < -0.39 is 0 Å². The molecule has 17 heavy (non-hydrogen) atoms. The summed E-state index contributed by atoms with van der Waals surface area (Å²) in [6.45, 7) is 0. The van der Waals surface area contributed by atoms with E-state index in [1.54, 1.807) is 0 Å². The van der Waals surface area contributed by atoms with E-state index >= 15 is 0 Å². The predicted molar refractivity (Wildman–Crippen MR) is 71.1 cm³/mol. The van der Waals surface area contributed by atoms with Crippen LogP contribution >= 0.6 is 0 Å². The van der Waals surface area contributed by atoms with Gasteiger partial charge in [0.2, 0.25) is 0 Å². The first-order chi connectivity index (χ1) is 8.42. The van der Waals surface area contributed by atoms with Gasteiger partial charge in [0.1, 0.15) is 0 Å². The molecule has 0 aliphatic rings.